The van der Waals surface area contributed by atoms with Gasteiger partial charge in [-0.25, -0.2) is 4.98 Å². The van der Waals surface area contributed by atoms with Crippen molar-refractivity contribution in [1.82, 2.24) is 9.97 Å². The van der Waals surface area contributed by atoms with Gasteiger partial charge in [-0.1, -0.05) is 0 Å². The topological polar surface area (TPSA) is 69.2 Å². The van der Waals surface area contributed by atoms with Gasteiger partial charge in [-0.2, -0.15) is 0 Å². The van der Waals surface area contributed by atoms with E-state index in [2.05, 4.69) is 14.7 Å². The fraction of sp³-hybridized carbons (Fsp3) is 0.400. The van der Waals surface area contributed by atoms with E-state index >= 15 is 0 Å². The molecule has 0 radical (unpaired) electrons. The van der Waals surface area contributed by atoms with Gasteiger partial charge in [0, 0.05) is 19.5 Å². The normalized spacial score (nSPS) is 10.0. The van der Waals surface area contributed by atoms with Gasteiger partial charge in [0.15, 0.2) is 11.6 Å². The van der Waals surface area contributed by atoms with Crippen LogP contribution in [0.5, 0.6) is 0 Å². The largest absolute Gasteiger partial charge is 0.377 e. The zero-order valence-electron chi connectivity index (χ0n) is 8.69. The third-order valence-electron chi connectivity index (χ3n) is 1.81. The molecule has 1 heterocycles. The van der Waals surface area contributed by atoms with Gasteiger partial charge < -0.3 is 4.74 Å². The molecule has 0 saturated carbocycles. The molecule has 0 atom stereocenters. The average molecular weight is 208 g/mol. The van der Waals surface area contributed by atoms with Gasteiger partial charge >= 0.3 is 0 Å². The Morgan fingerprint density at radius 2 is 2.00 bits per heavy atom. The van der Waals surface area contributed by atoms with Crippen LogP contribution < -0.4 is 0 Å². The van der Waals surface area contributed by atoms with Gasteiger partial charge in [-0.15, -0.1) is 0 Å². The molecule has 0 spiro atoms. The van der Waals surface area contributed by atoms with E-state index in [4.69, 9.17) is 0 Å². The maximum atomic E-state index is 11.6. The number of methoxy groups -OCH3 is 1. The Morgan fingerprint density at radius 1 is 1.33 bits per heavy atom. The quantitative estimate of drug-likeness (QED) is 0.522. The number of ketones is 2. The minimum Gasteiger partial charge on any atom is -0.377 e. The molecule has 0 saturated heterocycles. The van der Waals surface area contributed by atoms with Gasteiger partial charge in [0.1, 0.15) is 12.3 Å². The third-order valence-corrected chi connectivity index (χ3v) is 1.81. The number of carbonyl (C=O) groups excluding carboxylic acids is 2. The minimum absolute atomic E-state index is 0.0505. The number of carbonyl (C=O) groups is 2. The summed E-state index contributed by atoms with van der Waals surface area (Å²) in [5.41, 5.74) is 0.787. The molecule has 1 rings (SSSR count). The Kier molecular flexibility index (Phi) is 4.05. The zero-order chi connectivity index (χ0) is 11.3. The Labute approximate surface area is 87.5 Å². The zero-order valence-corrected chi connectivity index (χ0v) is 8.69. The second kappa shape index (κ2) is 5.31. The van der Waals surface area contributed by atoms with E-state index in [-0.39, 0.29) is 30.3 Å². The molecule has 0 aromatic carbocycles. The summed E-state index contributed by atoms with van der Waals surface area (Å²) in [6.45, 7) is 1.63. The Bertz CT molecular complexity index is 377. The number of ether oxygens (including phenoxy) is 1. The van der Waals surface area contributed by atoms with Crippen LogP contribution in [0, 0.1) is 6.92 Å². The molecule has 15 heavy (non-hydrogen) atoms. The van der Waals surface area contributed by atoms with Crippen LogP contribution in [0.25, 0.3) is 0 Å². The van der Waals surface area contributed by atoms with Crippen molar-refractivity contribution in [2.24, 2.45) is 0 Å². The molecule has 0 fully saturated rings. The number of aryl methyl sites for hydroxylation is 1. The van der Waals surface area contributed by atoms with E-state index in [0.717, 1.165) is 0 Å². The van der Waals surface area contributed by atoms with Gasteiger partial charge in [0.25, 0.3) is 0 Å². The van der Waals surface area contributed by atoms with Crippen molar-refractivity contribution in [2.45, 2.75) is 13.3 Å². The molecular weight excluding hydrogens is 196 g/mol. The van der Waals surface area contributed by atoms with E-state index < -0.39 is 0 Å². The molecule has 0 N–H and O–H groups in total. The first-order chi connectivity index (χ1) is 7.15. The summed E-state index contributed by atoms with van der Waals surface area (Å²) in [6.07, 6.45) is 2.75. The number of rotatable bonds is 5. The van der Waals surface area contributed by atoms with Crippen LogP contribution in [0.2, 0.25) is 0 Å². The first-order valence-electron chi connectivity index (χ1n) is 4.46. The van der Waals surface area contributed by atoms with Gasteiger partial charge in [-0.3, -0.25) is 14.6 Å². The van der Waals surface area contributed by atoms with Crippen LogP contribution in [0.15, 0.2) is 12.4 Å². The maximum Gasteiger partial charge on any atom is 0.190 e. The standard InChI is InChI=1S/C10H12N2O3/c1-7-10(12-4-3-11-7)9(14)5-8(13)6-15-2/h3-4H,5-6H2,1-2H3. The van der Waals surface area contributed by atoms with Crippen LogP contribution in [0.3, 0.4) is 0 Å². The lowest BCUT2D eigenvalue weighted by atomic mass is 10.1. The lowest BCUT2D eigenvalue weighted by molar-refractivity contribution is -0.121. The highest BCUT2D eigenvalue weighted by atomic mass is 16.5. The Morgan fingerprint density at radius 3 is 2.60 bits per heavy atom. The van der Waals surface area contributed by atoms with Crippen LogP contribution in [-0.2, 0) is 9.53 Å². The van der Waals surface area contributed by atoms with Crippen molar-refractivity contribution in [3.8, 4) is 0 Å². The van der Waals surface area contributed by atoms with E-state index in [0.29, 0.717) is 5.69 Å². The minimum atomic E-state index is -0.317. The average Bonchev–Trinajstić information content (AvgIpc) is 2.18. The second-order valence-electron chi connectivity index (χ2n) is 3.06. The summed E-state index contributed by atoms with van der Waals surface area (Å²) in [6, 6.07) is 0. The molecule has 0 aliphatic heterocycles. The van der Waals surface area contributed by atoms with Crippen LogP contribution in [0.4, 0.5) is 0 Å². The smallest absolute Gasteiger partial charge is 0.190 e. The summed E-state index contributed by atoms with van der Waals surface area (Å²) >= 11 is 0. The molecule has 0 aliphatic rings. The van der Waals surface area contributed by atoms with Crippen LogP contribution in [0.1, 0.15) is 22.6 Å². The summed E-state index contributed by atoms with van der Waals surface area (Å²) in [7, 11) is 1.41. The number of aromatic nitrogens is 2. The highest BCUT2D eigenvalue weighted by molar-refractivity contribution is 6.07. The third kappa shape index (κ3) is 3.21. The van der Waals surface area contributed by atoms with Crippen molar-refractivity contribution in [3.63, 3.8) is 0 Å². The highest BCUT2D eigenvalue weighted by Crippen LogP contribution is 2.03. The second-order valence-corrected chi connectivity index (χ2v) is 3.06. The molecule has 1 aromatic heterocycles. The molecule has 5 heteroatoms. The predicted molar refractivity (Wildman–Crippen MR) is 52.6 cm³/mol. The maximum absolute atomic E-state index is 11.6. The van der Waals surface area contributed by atoms with E-state index in [1.165, 1.54) is 19.5 Å². The van der Waals surface area contributed by atoms with Crippen molar-refractivity contribution in [2.75, 3.05) is 13.7 Å². The van der Waals surface area contributed by atoms with E-state index in [1.807, 2.05) is 0 Å². The van der Waals surface area contributed by atoms with Crippen molar-refractivity contribution in [1.29, 1.82) is 0 Å². The summed E-state index contributed by atoms with van der Waals surface area (Å²) in [5, 5.41) is 0. The van der Waals surface area contributed by atoms with Gasteiger partial charge in [0.2, 0.25) is 0 Å². The fourth-order valence-electron chi connectivity index (χ4n) is 1.16. The number of hydrogen-bond acceptors (Lipinski definition) is 5. The molecule has 80 valence electrons. The lowest BCUT2D eigenvalue weighted by Gasteiger charge is -2.01. The fourth-order valence-corrected chi connectivity index (χ4v) is 1.16. The van der Waals surface area contributed by atoms with Gasteiger partial charge in [0.05, 0.1) is 12.1 Å². The van der Waals surface area contributed by atoms with Crippen LogP contribution in [-0.4, -0.2) is 35.3 Å². The van der Waals surface area contributed by atoms with E-state index in [1.54, 1.807) is 6.92 Å². The first-order valence-corrected chi connectivity index (χ1v) is 4.46. The predicted octanol–water partition coefficient (Wildman–Crippen LogP) is 0.573. The van der Waals surface area contributed by atoms with Crippen LogP contribution >= 0.6 is 0 Å². The lowest BCUT2D eigenvalue weighted by Crippen LogP contribution is -2.15. The molecule has 0 unspecified atom stereocenters. The number of hydrogen-bond donors (Lipinski definition) is 0. The molecule has 0 amide bonds. The number of Topliss-reactive ketones (excluding diaryl/α,β-unsaturated/α-hetero) is 2. The van der Waals surface area contributed by atoms with E-state index in [9.17, 15) is 9.59 Å². The molecular formula is C10H12N2O3. The SMILES string of the molecule is COCC(=O)CC(=O)c1nccnc1C. The van der Waals surface area contributed by atoms with Gasteiger partial charge in [-0.05, 0) is 6.92 Å². The molecule has 1 aromatic rings. The van der Waals surface area contributed by atoms with Crippen molar-refractivity contribution < 1.29 is 14.3 Å². The van der Waals surface area contributed by atoms with Crippen molar-refractivity contribution in [3.05, 3.63) is 23.8 Å². The molecule has 0 aliphatic carbocycles. The molecule has 5 nitrogen and oxygen atoms in total. The Balaban J connectivity index is 2.70. The summed E-state index contributed by atoms with van der Waals surface area (Å²) in [4.78, 5) is 30.5. The monoisotopic (exact) mass is 208 g/mol. The Hall–Kier alpha value is -1.62. The number of nitrogens with zero attached hydrogens (tertiary/aromatic N) is 2. The highest BCUT2D eigenvalue weighted by Gasteiger charge is 2.15. The summed E-state index contributed by atoms with van der Waals surface area (Å²) < 4.78 is 4.63. The molecule has 0 bridgehead atoms. The summed E-state index contributed by atoms with van der Waals surface area (Å²) in [5.74, 6) is -0.574. The van der Waals surface area contributed by atoms with Crippen molar-refractivity contribution >= 4 is 11.6 Å². The first kappa shape index (κ1) is 11.5.